The van der Waals surface area contributed by atoms with Crippen molar-refractivity contribution in [2.24, 2.45) is 5.92 Å². The Bertz CT molecular complexity index is 512. The van der Waals surface area contributed by atoms with E-state index in [9.17, 15) is 13.5 Å². The summed E-state index contributed by atoms with van der Waals surface area (Å²) in [4.78, 5) is 0. The number of sulfonamides is 1. The van der Waals surface area contributed by atoms with Gasteiger partial charge in [0, 0.05) is 16.6 Å². The van der Waals surface area contributed by atoms with Crippen LogP contribution < -0.4 is 4.72 Å². The van der Waals surface area contributed by atoms with Crippen LogP contribution in [0.25, 0.3) is 0 Å². The van der Waals surface area contributed by atoms with Gasteiger partial charge >= 0.3 is 0 Å². The first-order valence-corrected chi connectivity index (χ1v) is 8.22. The molecule has 7 heteroatoms. The summed E-state index contributed by atoms with van der Waals surface area (Å²) in [7, 11) is -3.38. The van der Waals surface area contributed by atoms with Crippen molar-refractivity contribution in [2.75, 3.05) is 12.3 Å². The Morgan fingerprint density at radius 3 is 2.21 bits per heavy atom. The zero-order valence-corrected chi connectivity index (χ0v) is 13.1. The van der Waals surface area contributed by atoms with Gasteiger partial charge in [-0.25, -0.2) is 13.1 Å². The first-order chi connectivity index (χ1) is 8.69. The molecule has 1 unspecified atom stereocenters. The SMILES string of the molecule is CC(C)CS(=O)(=O)NCC(O)c1cc(Cl)cc(Cl)c1. The average molecular weight is 326 g/mol. The van der Waals surface area contributed by atoms with Crippen molar-refractivity contribution in [3.05, 3.63) is 33.8 Å². The van der Waals surface area contributed by atoms with Gasteiger partial charge in [0.15, 0.2) is 0 Å². The smallest absolute Gasteiger partial charge is 0.211 e. The fourth-order valence-electron chi connectivity index (χ4n) is 1.59. The summed E-state index contributed by atoms with van der Waals surface area (Å²) in [6.45, 7) is 3.52. The molecule has 4 nitrogen and oxygen atoms in total. The largest absolute Gasteiger partial charge is 0.387 e. The Hall–Kier alpha value is -0.330. The number of hydrogen-bond donors (Lipinski definition) is 2. The average Bonchev–Trinajstić information content (AvgIpc) is 2.22. The van der Waals surface area contributed by atoms with E-state index in [0.717, 1.165) is 0 Å². The Balaban J connectivity index is 2.67. The van der Waals surface area contributed by atoms with E-state index in [0.29, 0.717) is 15.6 Å². The lowest BCUT2D eigenvalue weighted by molar-refractivity contribution is 0.182. The summed E-state index contributed by atoms with van der Waals surface area (Å²) >= 11 is 11.6. The van der Waals surface area contributed by atoms with Gasteiger partial charge < -0.3 is 5.11 Å². The highest BCUT2D eigenvalue weighted by Gasteiger charge is 2.16. The van der Waals surface area contributed by atoms with Crippen LogP contribution in [-0.2, 0) is 10.0 Å². The molecule has 0 aliphatic rings. The quantitative estimate of drug-likeness (QED) is 0.844. The highest BCUT2D eigenvalue weighted by atomic mass is 35.5. The van der Waals surface area contributed by atoms with Crippen LogP contribution in [0.5, 0.6) is 0 Å². The van der Waals surface area contributed by atoms with Gasteiger partial charge in [0.25, 0.3) is 0 Å². The van der Waals surface area contributed by atoms with Crippen molar-refractivity contribution in [1.82, 2.24) is 4.72 Å². The molecular formula is C12H17Cl2NO3S. The Morgan fingerprint density at radius 2 is 1.74 bits per heavy atom. The summed E-state index contributed by atoms with van der Waals surface area (Å²) < 4.78 is 25.6. The molecule has 1 atom stereocenters. The molecule has 1 aromatic rings. The van der Waals surface area contributed by atoms with Crippen molar-refractivity contribution in [2.45, 2.75) is 20.0 Å². The van der Waals surface area contributed by atoms with E-state index >= 15 is 0 Å². The molecule has 0 heterocycles. The second-order valence-electron chi connectivity index (χ2n) is 4.74. The van der Waals surface area contributed by atoms with Gasteiger partial charge in [-0.05, 0) is 29.7 Å². The molecule has 108 valence electrons. The highest BCUT2D eigenvalue weighted by molar-refractivity contribution is 7.89. The molecule has 2 N–H and O–H groups in total. The van der Waals surface area contributed by atoms with E-state index in [2.05, 4.69) is 4.72 Å². The molecule has 19 heavy (non-hydrogen) atoms. The van der Waals surface area contributed by atoms with E-state index in [1.165, 1.54) is 0 Å². The van der Waals surface area contributed by atoms with Crippen LogP contribution in [0, 0.1) is 5.92 Å². The summed E-state index contributed by atoms with van der Waals surface area (Å²) in [5, 5.41) is 10.7. The normalized spacial score (nSPS) is 13.8. The number of benzene rings is 1. The van der Waals surface area contributed by atoms with Crippen molar-refractivity contribution in [3.63, 3.8) is 0 Å². The molecular weight excluding hydrogens is 309 g/mol. The van der Waals surface area contributed by atoms with Gasteiger partial charge in [-0.1, -0.05) is 37.0 Å². The molecule has 0 fully saturated rings. The minimum Gasteiger partial charge on any atom is -0.387 e. The summed E-state index contributed by atoms with van der Waals surface area (Å²) in [5.74, 6) is 0.0472. The number of hydrogen-bond acceptors (Lipinski definition) is 3. The molecule has 1 aromatic carbocycles. The van der Waals surface area contributed by atoms with Gasteiger partial charge in [0.2, 0.25) is 10.0 Å². The summed E-state index contributed by atoms with van der Waals surface area (Å²) in [5.41, 5.74) is 0.477. The molecule has 0 saturated carbocycles. The van der Waals surface area contributed by atoms with E-state index in [4.69, 9.17) is 23.2 Å². The van der Waals surface area contributed by atoms with Gasteiger partial charge in [-0.15, -0.1) is 0 Å². The highest BCUT2D eigenvalue weighted by Crippen LogP contribution is 2.23. The third-order valence-electron chi connectivity index (χ3n) is 2.32. The molecule has 0 amide bonds. The van der Waals surface area contributed by atoms with Crippen LogP contribution in [0.4, 0.5) is 0 Å². The lowest BCUT2D eigenvalue weighted by Gasteiger charge is -2.14. The minimum atomic E-state index is -3.38. The molecule has 0 aliphatic heterocycles. The molecule has 0 radical (unpaired) electrons. The van der Waals surface area contributed by atoms with Crippen LogP contribution >= 0.6 is 23.2 Å². The predicted octanol–water partition coefficient (Wildman–Crippen LogP) is 2.60. The number of rotatable bonds is 6. The minimum absolute atomic E-state index is 0.0234. The second-order valence-corrected chi connectivity index (χ2v) is 7.47. The summed E-state index contributed by atoms with van der Waals surface area (Å²) in [6, 6.07) is 4.64. The zero-order valence-electron chi connectivity index (χ0n) is 10.7. The number of halogens is 2. The van der Waals surface area contributed by atoms with E-state index in [1.54, 1.807) is 18.2 Å². The fourth-order valence-corrected chi connectivity index (χ4v) is 3.54. The second kappa shape index (κ2) is 6.90. The number of aliphatic hydroxyl groups is 1. The van der Waals surface area contributed by atoms with E-state index in [-0.39, 0.29) is 18.2 Å². The van der Waals surface area contributed by atoms with Gasteiger partial charge in [0.1, 0.15) is 0 Å². The van der Waals surface area contributed by atoms with Crippen molar-refractivity contribution < 1.29 is 13.5 Å². The van der Waals surface area contributed by atoms with Gasteiger partial charge in [0.05, 0.1) is 11.9 Å². The first kappa shape index (κ1) is 16.7. The monoisotopic (exact) mass is 325 g/mol. The molecule has 0 aliphatic carbocycles. The maximum absolute atomic E-state index is 11.6. The zero-order chi connectivity index (χ0) is 14.6. The molecule has 0 spiro atoms. The Labute approximate surface area is 123 Å². The third-order valence-corrected chi connectivity index (χ3v) is 4.47. The lowest BCUT2D eigenvalue weighted by atomic mass is 10.1. The fraction of sp³-hybridized carbons (Fsp3) is 0.500. The molecule has 0 saturated heterocycles. The molecule has 0 aromatic heterocycles. The van der Waals surface area contributed by atoms with Crippen LogP contribution in [0.3, 0.4) is 0 Å². The summed E-state index contributed by atoms with van der Waals surface area (Å²) in [6.07, 6.45) is -0.988. The Morgan fingerprint density at radius 1 is 1.21 bits per heavy atom. The van der Waals surface area contributed by atoms with Crippen molar-refractivity contribution in [1.29, 1.82) is 0 Å². The predicted molar refractivity (Wildman–Crippen MR) is 78.0 cm³/mol. The van der Waals surface area contributed by atoms with Gasteiger partial charge in [-0.2, -0.15) is 0 Å². The maximum Gasteiger partial charge on any atom is 0.211 e. The van der Waals surface area contributed by atoms with E-state index < -0.39 is 16.1 Å². The Kier molecular flexibility index (Phi) is 6.08. The lowest BCUT2D eigenvalue weighted by Crippen LogP contribution is -2.32. The van der Waals surface area contributed by atoms with Gasteiger partial charge in [-0.3, -0.25) is 0 Å². The number of aliphatic hydroxyl groups excluding tert-OH is 1. The van der Waals surface area contributed by atoms with Crippen molar-refractivity contribution >= 4 is 33.2 Å². The van der Waals surface area contributed by atoms with Crippen LogP contribution in [0.2, 0.25) is 10.0 Å². The third kappa shape index (κ3) is 6.10. The standard InChI is InChI=1S/C12H17Cl2NO3S/c1-8(2)7-19(17,18)15-6-12(16)9-3-10(13)5-11(14)4-9/h3-5,8,12,15-16H,6-7H2,1-2H3. The van der Waals surface area contributed by atoms with Crippen LogP contribution in [0.1, 0.15) is 25.5 Å². The van der Waals surface area contributed by atoms with Crippen LogP contribution in [0.15, 0.2) is 18.2 Å². The topological polar surface area (TPSA) is 66.4 Å². The van der Waals surface area contributed by atoms with E-state index in [1.807, 2.05) is 13.8 Å². The maximum atomic E-state index is 11.6. The number of nitrogens with one attached hydrogen (secondary N) is 1. The molecule has 0 bridgehead atoms. The molecule has 1 rings (SSSR count). The first-order valence-electron chi connectivity index (χ1n) is 5.81. The van der Waals surface area contributed by atoms with Crippen LogP contribution in [-0.4, -0.2) is 25.8 Å². The van der Waals surface area contributed by atoms with Crippen molar-refractivity contribution in [3.8, 4) is 0 Å².